The molecule has 0 spiro atoms. The molecule has 1 aromatic carbocycles. The van der Waals surface area contributed by atoms with Crippen molar-refractivity contribution in [2.24, 2.45) is 0 Å². The van der Waals surface area contributed by atoms with Crippen LogP contribution in [0.25, 0.3) is 10.2 Å². The molecule has 5 heteroatoms. The van der Waals surface area contributed by atoms with E-state index in [9.17, 15) is 4.39 Å². The first-order valence-electron chi connectivity index (χ1n) is 5.66. The summed E-state index contributed by atoms with van der Waals surface area (Å²) in [7, 11) is 0. The average molecular weight is 252 g/mol. The molecule has 90 valence electrons. The second-order valence-electron chi connectivity index (χ2n) is 4.11. The van der Waals surface area contributed by atoms with Crippen molar-refractivity contribution in [2.45, 2.75) is 6.54 Å². The standard InChI is InChI=1S/C12H13FN2OS/c13-9-1-2-11-10(7-9)14-12(17-11)8-15-3-5-16-6-4-15/h1-2,7H,3-6,8H2. The number of thiazole rings is 1. The normalized spacial score (nSPS) is 17.7. The maximum Gasteiger partial charge on any atom is 0.125 e. The fourth-order valence-electron chi connectivity index (χ4n) is 1.97. The maximum absolute atomic E-state index is 13.0. The highest BCUT2D eigenvalue weighted by Gasteiger charge is 2.13. The first-order valence-corrected chi connectivity index (χ1v) is 6.48. The average Bonchev–Trinajstić information content (AvgIpc) is 2.71. The lowest BCUT2D eigenvalue weighted by Crippen LogP contribution is -2.35. The van der Waals surface area contributed by atoms with Crippen molar-refractivity contribution >= 4 is 21.6 Å². The van der Waals surface area contributed by atoms with Crippen molar-refractivity contribution in [1.82, 2.24) is 9.88 Å². The first kappa shape index (κ1) is 11.1. The minimum Gasteiger partial charge on any atom is -0.379 e. The molecule has 2 aromatic rings. The van der Waals surface area contributed by atoms with Gasteiger partial charge in [-0.05, 0) is 12.1 Å². The fraction of sp³-hybridized carbons (Fsp3) is 0.417. The Morgan fingerprint density at radius 3 is 3.00 bits per heavy atom. The van der Waals surface area contributed by atoms with Crippen LogP contribution in [0.3, 0.4) is 0 Å². The molecule has 1 aliphatic rings. The molecule has 0 saturated carbocycles. The number of nitrogens with zero attached hydrogens (tertiary/aromatic N) is 2. The highest BCUT2D eigenvalue weighted by Crippen LogP contribution is 2.23. The Balaban J connectivity index is 1.80. The largest absolute Gasteiger partial charge is 0.379 e. The van der Waals surface area contributed by atoms with Crippen LogP contribution < -0.4 is 0 Å². The van der Waals surface area contributed by atoms with Crippen LogP contribution in [0.1, 0.15) is 5.01 Å². The molecule has 0 bridgehead atoms. The van der Waals surface area contributed by atoms with Gasteiger partial charge in [0, 0.05) is 19.2 Å². The van der Waals surface area contributed by atoms with Gasteiger partial charge in [0.1, 0.15) is 10.8 Å². The van der Waals surface area contributed by atoms with Crippen LogP contribution in [0.2, 0.25) is 0 Å². The van der Waals surface area contributed by atoms with Crippen LogP contribution in [0, 0.1) is 5.82 Å². The van der Waals surface area contributed by atoms with Gasteiger partial charge in [0.25, 0.3) is 0 Å². The predicted molar refractivity (Wildman–Crippen MR) is 65.7 cm³/mol. The maximum atomic E-state index is 13.0. The highest BCUT2D eigenvalue weighted by molar-refractivity contribution is 7.18. The Hall–Kier alpha value is -1.04. The number of hydrogen-bond acceptors (Lipinski definition) is 4. The Kier molecular flexibility index (Phi) is 3.05. The summed E-state index contributed by atoms with van der Waals surface area (Å²) in [6, 6.07) is 4.78. The van der Waals surface area contributed by atoms with Crippen LogP contribution in [-0.2, 0) is 11.3 Å². The molecular weight excluding hydrogens is 239 g/mol. The smallest absolute Gasteiger partial charge is 0.125 e. The summed E-state index contributed by atoms with van der Waals surface area (Å²) in [5.74, 6) is -0.222. The molecule has 2 heterocycles. The Bertz CT molecular complexity index is 522. The number of benzene rings is 1. The van der Waals surface area contributed by atoms with Crippen molar-refractivity contribution in [1.29, 1.82) is 0 Å². The van der Waals surface area contributed by atoms with Gasteiger partial charge in [0.05, 0.1) is 30.0 Å². The summed E-state index contributed by atoms with van der Waals surface area (Å²) in [4.78, 5) is 6.78. The summed E-state index contributed by atoms with van der Waals surface area (Å²) in [6.45, 7) is 4.32. The van der Waals surface area contributed by atoms with Crippen molar-refractivity contribution < 1.29 is 9.13 Å². The van der Waals surface area contributed by atoms with E-state index in [-0.39, 0.29) is 5.82 Å². The van der Waals surface area contributed by atoms with Gasteiger partial charge in [-0.15, -0.1) is 11.3 Å². The Morgan fingerprint density at radius 2 is 2.18 bits per heavy atom. The molecule has 0 N–H and O–H groups in total. The summed E-state index contributed by atoms with van der Waals surface area (Å²) in [6.07, 6.45) is 0. The molecule has 3 rings (SSSR count). The zero-order valence-corrected chi connectivity index (χ0v) is 10.2. The summed E-state index contributed by atoms with van der Waals surface area (Å²) in [5, 5.41) is 1.05. The van der Waals surface area contributed by atoms with Crippen LogP contribution in [0.4, 0.5) is 4.39 Å². The van der Waals surface area contributed by atoms with Crippen LogP contribution >= 0.6 is 11.3 Å². The molecule has 1 saturated heterocycles. The van der Waals surface area contributed by atoms with E-state index in [4.69, 9.17) is 4.74 Å². The predicted octanol–water partition coefficient (Wildman–Crippen LogP) is 2.27. The molecule has 0 unspecified atom stereocenters. The monoisotopic (exact) mass is 252 g/mol. The topological polar surface area (TPSA) is 25.4 Å². The lowest BCUT2D eigenvalue weighted by Gasteiger charge is -2.25. The van der Waals surface area contributed by atoms with E-state index in [0.717, 1.165) is 48.1 Å². The van der Waals surface area contributed by atoms with Crippen LogP contribution in [-0.4, -0.2) is 36.2 Å². The number of rotatable bonds is 2. The van der Waals surface area contributed by atoms with E-state index in [2.05, 4.69) is 9.88 Å². The van der Waals surface area contributed by atoms with Crippen molar-refractivity contribution in [3.05, 3.63) is 29.0 Å². The summed E-state index contributed by atoms with van der Waals surface area (Å²) >= 11 is 1.64. The van der Waals surface area contributed by atoms with Gasteiger partial charge in [0.15, 0.2) is 0 Å². The molecule has 1 aromatic heterocycles. The first-order chi connectivity index (χ1) is 8.31. The van der Waals surface area contributed by atoms with Crippen LogP contribution in [0.15, 0.2) is 18.2 Å². The van der Waals surface area contributed by atoms with E-state index in [1.165, 1.54) is 12.1 Å². The van der Waals surface area contributed by atoms with Crippen molar-refractivity contribution in [3.8, 4) is 0 Å². The number of fused-ring (bicyclic) bond motifs is 1. The van der Waals surface area contributed by atoms with Gasteiger partial charge in [-0.25, -0.2) is 9.37 Å². The third kappa shape index (κ3) is 2.46. The Labute approximate surface area is 103 Å². The van der Waals surface area contributed by atoms with E-state index in [1.54, 1.807) is 17.4 Å². The lowest BCUT2D eigenvalue weighted by atomic mass is 10.3. The molecule has 0 atom stereocenters. The molecule has 3 nitrogen and oxygen atoms in total. The minimum absolute atomic E-state index is 0.222. The van der Waals surface area contributed by atoms with Gasteiger partial charge in [0.2, 0.25) is 0 Å². The number of hydrogen-bond donors (Lipinski definition) is 0. The number of morpholine rings is 1. The Morgan fingerprint density at radius 1 is 1.35 bits per heavy atom. The van der Waals surface area contributed by atoms with Gasteiger partial charge in [-0.2, -0.15) is 0 Å². The van der Waals surface area contributed by atoms with Crippen LogP contribution in [0.5, 0.6) is 0 Å². The quantitative estimate of drug-likeness (QED) is 0.820. The minimum atomic E-state index is -0.222. The third-order valence-corrected chi connectivity index (χ3v) is 3.88. The second kappa shape index (κ2) is 4.68. The van der Waals surface area contributed by atoms with Gasteiger partial charge < -0.3 is 4.74 Å². The van der Waals surface area contributed by atoms with E-state index in [0.29, 0.717) is 0 Å². The number of ether oxygens (including phenoxy) is 1. The molecular formula is C12H13FN2OS. The SMILES string of the molecule is Fc1ccc2sc(CN3CCOCC3)nc2c1. The zero-order valence-electron chi connectivity index (χ0n) is 9.36. The summed E-state index contributed by atoms with van der Waals surface area (Å²) < 4.78 is 19.4. The van der Waals surface area contributed by atoms with E-state index in [1.807, 2.05) is 0 Å². The highest BCUT2D eigenvalue weighted by atomic mass is 32.1. The van der Waals surface area contributed by atoms with Crippen molar-refractivity contribution in [3.63, 3.8) is 0 Å². The third-order valence-electron chi connectivity index (χ3n) is 2.86. The molecule has 0 radical (unpaired) electrons. The molecule has 17 heavy (non-hydrogen) atoms. The zero-order chi connectivity index (χ0) is 11.7. The fourth-order valence-corrected chi connectivity index (χ4v) is 2.96. The van der Waals surface area contributed by atoms with Gasteiger partial charge >= 0.3 is 0 Å². The molecule has 0 aliphatic carbocycles. The second-order valence-corrected chi connectivity index (χ2v) is 5.22. The lowest BCUT2D eigenvalue weighted by molar-refractivity contribution is 0.0342. The molecule has 1 fully saturated rings. The van der Waals surface area contributed by atoms with Crippen molar-refractivity contribution in [2.75, 3.05) is 26.3 Å². The number of halogens is 1. The number of aromatic nitrogens is 1. The van der Waals surface area contributed by atoms with Gasteiger partial charge in [-0.3, -0.25) is 4.90 Å². The van der Waals surface area contributed by atoms with E-state index < -0.39 is 0 Å². The molecule has 0 amide bonds. The van der Waals surface area contributed by atoms with E-state index >= 15 is 0 Å². The molecule has 1 aliphatic heterocycles. The summed E-state index contributed by atoms with van der Waals surface area (Å²) in [5.41, 5.74) is 0.762. The van der Waals surface area contributed by atoms with Gasteiger partial charge in [-0.1, -0.05) is 0 Å².